The molecule has 1 aliphatic carbocycles. The zero-order valence-electron chi connectivity index (χ0n) is 15.7. The topological polar surface area (TPSA) is 0 Å². The van der Waals surface area contributed by atoms with E-state index >= 15 is 0 Å². The van der Waals surface area contributed by atoms with E-state index in [1.807, 2.05) is 0 Å². The Balaban J connectivity index is 1.96. The second-order valence-corrected chi connectivity index (χ2v) is 8.11. The SMILES string of the molecule is CCCC(C)C1=Cc2c(cccc2-c2ccc(C(C)(C)C)cc2)[CH]1. The standard InChI is InChI=1S/C24H29/c1-6-8-17(2)20-15-19-9-7-10-22(23(19)16-20)18-11-13-21(14-12-18)24(3,4)5/h7,9-17H,6,8H2,1-5H3. The molecule has 1 radical (unpaired) electrons. The van der Waals surface area contributed by atoms with Crippen molar-refractivity contribution in [3.05, 3.63) is 71.1 Å². The van der Waals surface area contributed by atoms with E-state index in [1.165, 1.54) is 46.2 Å². The number of allylic oxidation sites excluding steroid dienone is 1. The molecule has 1 aliphatic rings. The average Bonchev–Trinajstić information content (AvgIpc) is 2.98. The maximum atomic E-state index is 2.41. The van der Waals surface area contributed by atoms with Crippen molar-refractivity contribution in [3.8, 4) is 11.1 Å². The van der Waals surface area contributed by atoms with Gasteiger partial charge in [-0.25, -0.2) is 0 Å². The second-order valence-electron chi connectivity index (χ2n) is 8.11. The van der Waals surface area contributed by atoms with Crippen molar-refractivity contribution in [2.45, 2.75) is 52.9 Å². The van der Waals surface area contributed by atoms with Crippen molar-refractivity contribution in [2.24, 2.45) is 5.92 Å². The van der Waals surface area contributed by atoms with Gasteiger partial charge in [-0.1, -0.05) is 95.2 Å². The van der Waals surface area contributed by atoms with Gasteiger partial charge >= 0.3 is 0 Å². The van der Waals surface area contributed by atoms with Crippen LogP contribution in [0.25, 0.3) is 17.2 Å². The monoisotopic (exact) mass is 317 g/mol. The Kier molecular flexibility index (Phi) is 4.67. The highest BCUT2D eigenvalue weighted by Gasteiger charge is 2.20. The number of fused-ring (bicyclic) bond motifs is 1. The molecule has 0 aromatic heterocycles. The third-order valence-corrected chi connectivity index (χ3v) is 5.13. The molecule has 0 heterocycles. The molecule has 125 valence electrons. The molecule has 2 aromatic rings. The van der Waals surface area contributed by atoms with Crippen molar-refractivity contribution in [2.75, 3.05) is 0 Å². The molecule has 0 spiro atoms. The first-order valence-corrected chi connectivity index (χ1v) is 9.20. The van der Waals surface area contributed by atoms with Crippen molar-refractivity contribution in [3.63, 3.8) is 0 Å². The van der Waals surface area contributed by atoms with Crippen LogP contribution in [-0.2, 0) is 5.41 Å². The third kappa shape index (κ3) is 3.34. The van der Waals surface area contributed by atoms with E-state index in [0.29, 0.717) is 5.92 Å². The quantitative estimate of drug-likeness (QED) is 0.567. The molecule has 1 unspecified atom stereocenters. The van der Waals surface area contributed by atoms with Crippen molar-refractivity contribution < 1.29 is 0 Å². The van der Waals surface area contributed by atoms with E-state index in [1.54, 1.807) is 0 Å². The molecule has 0 bridgehead atoms. The zero-order valence-corrected chi connectivity index (χ0v) is 15.7. The summed E-state index contributed by atoms with van der Waals surface area (Å²) in [5, 5.41) is 0. The number of hydrogen-bond donors (Lipinski definition) is 0. The fourth-order valence-corrected chi connectivity index (χ4v) is 3.54. The maximum absolute atomic E-state index is 2.41. The minimum Gasteiger partial charge on any atom is -0.0654 e. The molecule has 0 aliphatic heterocycles. The molecule has 0 fully saturated rings. The molecule has 0 amide bonds. The second kappa shape index (κ2) is 6.59. The van der Waals surface area contributed by atoms with Gasteiger partial charge in [0.05, 0.1) is 0 Å². The van der Waals surface area contributed by atoms with Gasteiger partial charge in [-0.2, -0.15) is 0 Å². The first-order valence-electron chi connectivity index (χ1n) is 9.20. The predicted octanol–water partition coefficient (Wildman–Crippen LogP) is 7.04. The van der Waals surface area contributed by atoms with Crippen LogP contribution in [0.2, 0.25) is 0 Å². The van der Waals surface area contributed by atoms with Crippen LogP contribution in [-0.4, -0.2) is 0 Å². The van der Waals surface area contributed by atoms with E-state index in [-0.39, 0.29) is 5.41 Å². The van der Waals surface area contributed by atoms with Gasteiger partial charge in [-0.05, 0) is 45.6 Å². The van der Waals surface area contributed by atoms with Gasteiger partial charge in [-0.15, -0.1) is 0 Å². The summed E-state index contributed by atoms with van der Waals surface area (Å²) in [7, 11) is 0. The molecule has 24 heavy (non-hydrogen) atoms. The highest BCUT2D eigenvalue weighted by molar-refractivity contribution is 5.83. The van der Waals surface area contributed by atoms with E-state index in [4.69, 9.17) is 0 Å². The van der Waals surface area contributed by atoms with E-state index in [2.05, 4.69) is 89.6 Å². The number of hydrogen-bond acceptors (Lipinski definition) is 0. The molecular formula is C24H29. The Labute approximate surface area is 147 Å². The third-order valence-electron chi connectivity index (χ3n) is 5.13. The molecular weight excluding hydrogens is 288 g/mol. The lowest BCUT2D eigenvalue weighted by Gasteiger charge is -2.19. The summed E-state index contributed by atoms with van der Waals surface area (Å²) < 4.78 is 0. The molecule has 0 heteroatoms. The van der Waals surface area contributed by atoms with Gasteiger partial charge in [0.15, 0.2) is 0 Å². The summed E-state index contributed by atoms with van der Waals surface area (Å²) in [6.45, 7) is 11.4. The van der Waals surface area contributed by atoms with Crippen LogP contribution in [0.1, 0.15) is 64.2 Å². The number of benzene rings is 2. The average molecular weight is 317 g/mol. The van der Waals surface area contributed by atoms with Crippen molar-refractivity contribution in [1.82, 2.24) is 0 Å². The predicted molar refractivity (Wildman–Crippen MR) is 106 cm³/mol. The Morgan fingerprint density at radius 3 is 2.29 bits per heavy atom. The summed E-state index contributed by atoms with van der Waals surface area (Å²) in [5.41, 5.74) is 8.48. The lowest BCUT2D eigenvalue weighted by Crippen LogP contribution is -2.10. The summed E-state index contributed by atoms with van der Waals surface area (Å²) in [6, 6.07) is 15.8. The summed E-state index contributed by atoms with van der Waals surface area (Å²) in [4.78, 5) is 0. The van der Waals surface area contributed by atoms with Gasteiger partial charge in [-0.3, -0.25) is 0 Å². The fraction of sp³-hybridized carbons (Fsp3) is 0.375. The van der Waals surface area contributed by atoms with Gasteiger partial charge in [0.2, 0.25) is 0 Å². The van der Waals surface area contributed by atoms with Crippen LogP contribution in [0.5, 0.6) is 0 Å². The molecule has 0 saturated carbocycles. The van der Waals surface area contributed by atoms with Gasteiger partial charge in [0.25, 0.3) is 0 Å². The van der Waals surface area contributed by atoms with Gasteiger partial charge in [0.1, 0.15) is 0 Å². The molecule has 0 saturated heterocycles. The van der Waals surface area contributed by atoms with Crippen LogP contribution in [0, 0.1) is 12.3 Å². The lowest BCUT2D eigenvalue weighted by molar-refractivity contribution is 0.590. The first kappa shape index (κ1) is 17.0. The van der Waals surface area contributed by atoms with Crippen LogP contribution in [0.4, 0.5) is 0 Å². The Morgan fingerprint density at radius 2 is 1.67 bits per heavy atom. The summed E-state index contributed by atoms with van der Waals surface area (Å²) in [6.07, 6.45) is 7.28. The Hall–Kier alpha value is -1.82. The lowest BCUT2D eigenvalue weighted by atomic mass is 9.86. The highest BCUT2D eigenvalue weighted by atomic mass is 14.2. The number of rotatable bonds is 4. The molecule has 0 N–H and O–H groups in total. The minimum atomic E-state index is 0.202. The van der Waals surface area contributed by atoms with Gasteiger partial charge in [0, 0.05) is 6.42 Å². The van der Waals surface area contributed by atoms with Crippen molar-refractivity contribution in [1.29, 1.82) is 0 Å². The van der Waals surface area contributed by atoms with Crippen LogP contribution >= 0.6 is 0 Å². The molecule has 2 aromatic carbocycles. The maximum Gasteiger partial charge on any atom is 0.0167 e. The minimum absolute atomic E-state index is 0.202. The van der Waals surface area contributed by atoms with E-state index in [0.717, 1.165) is 0 Å². The fourth-order valence-electron chi connectivity index (χ4n) is 3.54. The van der Waals surface area contributed by atoms with Crippen LogP contribution in [0.15, 0.2) is 48.0 Å². The van der Waals surface area contributed by atoms with Crippen LogP contribution < -0.4 is 0 Å². The largest absolute Gasteiger partial charge is 0.0654 e. The molecule has 0 nitrogen and oxygen atoms in total. The first-order chi connectivity index (χ1) is 11.4. The van der Waals surface area contributed by atoms with E-state index < -0.39 is 0 Å². The zero-order chi connectivity index (χ0) is 17.3. The van der Waals surface area contributed by atoms with Crippen LogP contribution in [0.3, 0.4) is 0 Å². The smallest absolute Gasteiger partial charge is 0.0167 e. The Morgan fingerprint density at radius 1 is 0.958 bits per heavy atom. The normalized spacial score (nSPS) is 15.1. The summed E-state index contributed by atoms with van der Waals surface area (Å²) >= 11 is 0. The molecule has 3 rings (SSSR count). The van der Waals surface area contributed by atoms with Gasteiger partial charge < -0.3 is 0 Å². The summed E-state index contributed by atoms with van der Waals surface area (Å²) in [5.74, 6) is 0.638. The highest BCUT2D eigenvalue weighted by Crippen LogP contribution is 2.38. The Bertz CT molecular complexity index is 739. The van der Waals surface area contributed by atoms with Crippen molar-refractivity contribution >= 4 is 6.08 Å². The molecule has 1 atom stereocenters. The van der Waals surface area contributed by atoms with E-state index in [9.17, 15) is 0 Å².